The fourth-order valence-corrected chi connectivity index (χ4v) is 3.02. The van der Waals surface area contributed by atoms with E-state index in [1.54, 1.807) is 11.3 Å². The van der Waals surface area contributed by atoms with E-state index in [0.29, 0.717) is 0 Å². The quantitative estimate of drug-likeness (QED) is 0.504. The molecule has 0 unspecified atom stereocenters. The van der Waals surface area contributed by atoms with Gasteiger partial charge in [-0.2, -0.15) is 0 Å². The Morgan fingerprint density at radius 2 is 1.60 bits per heavy atom. The molecule has 0 N–H and O–H groups in total. The van der Waals surface area contributed by atoms with Crippen LogP contribution in [0.4, 0.5) is 0 Å². The highest BCUT2D eigenvalue weighted by molar-refractivity contribution is 7.12. The number of hydrogen-bond acceptors (Lipinski definition) is 2. The molecule has 20 heavy (non-hydrogen) atoms. The number of amides is 1. The molecule has 1 aromatic heterocycles. The van der Waals surface area contributed by atoms with Crippen molar-refractivity contribution in [3.05, 3.63) is 22.4 Å². The smallest absolute Gasteiger partial charge is 0.263 e. The molecule has 1 amide bonds. The second-order valence-electron chi connectivity index (χ2n) is 5.39. The van der Waals surface area contributed by atoms with E-state index < -0.39 is 0 Å². The van der Waals surface area contributed by atoms with Crippen LogP contribution in [0.3, 0.4) is 0 Å². The Labute approximate surface area is 128 Å². The van der Waals surface area contributed by atoms with Gasteiger partial charge < -0.3 is 4.90 Å². The second-order valence-corrected chi connectivity index (χ2v) is 6.34. The molecule has 0 fully saturated rings. The predicted octanol–water partition coefficient (Wildman–Crippen LogP) is 5.35. The van der Waals surface area contributed by atoms with E-state index >= 15 is 0 Å². The fraction of sp³-hybridized carbons (Fsp3) is 0.706. The molecule has 0 aliphatic rings. The van der Waals surface area contributed by atoms with E-state index in [-0.39, 0.29) is 5.91 Å². The van der Waals surface area contributed by atoms with Gasteiger partial charge in [-0.05, 0) is 24.3 Å². The van der Waals surface area contributed by atoms with Crippen molar-refractivity contribution in [2.75, 3.05) is 13.1 Å². The third-order valence-corrected chi connectivity index (χ3v) is 4.44. The lowest BCUT2D eigenvalue weighted by molar-refractivity contribution is 0.0754. The van der Waals surface area contributed by atoms with Gasteiger partial charge in [0.1, 0.15) is 0 Å². The van der Waals surface area contributed by atoms with E-state index in [4.69, 9.17) is 0 Å². The summed E-state index contributed by atoms with van der Waals surface area (Å²) in [6.07, 6.45) is 9.79. The topological polar surface area (TPSA) is 20.3 Å². The molecule has 0 atom stereocenters. The summed E-state index contributed by atoms with van der Waals surface area (Å²) in [4.78, 5) is 15.4. The van der Waals surface area contributed by atoms with Crippen molar-refractivity contribution >= 4 is 17.2 Å². The van der Waals surface area contributed by atoms with Crippen molar-refractivity contribution < 1.29 is 4.79 Å². The van der Waals surface area contributed by atoms with Crippen molar-refractivity contribution in [3.8, 4) is 0 Å². The van der Waals surface area contributed by atoms with Crippen LogP contribution in [-0.2, 0) is 0 Å². The normalized spacial score (nSPS) is 10.7. The zero-order chi connectivity index (χ0) is 14.6. The highest BCUT2D eigenvalue weighted by atomic mass is 32.1. The van der Waals surface area contributed by atoms with Crippen LogP contribution < -0.4 is 0 Å². The number of carbonyl (C=O) groups is 1. The molecular weight excluding hydrogens is 266 g/mol. The van der Waals surface area contributed by atoms with Gasteiger partial charge in [0, 0.05) is 13.1 Å². The minimum atomic E-state index is 0.230. The molecule has 1 heterocycles. The minimum absolute atomic E-state index is 0.230. The van der Waals surface area contributed by atoms with Gasteiger partial charge >= 0.3 is 0 Å². The molecule has 2 nitrogen and oxygen atoms in total. The van der Waals surface area contributed by atoms with Gasteiger partial charge in [-0.15, -0.1) is 11.3 Å². The minimum Gasteiger partial charge on any atom is -0.338 e. The van der Waals surface area contributed by atoms with E-state index in [1.165, 1.54) is 38.5 Å². The van der Waals surface area contributed by atoms with Crippen LogP contribution in [0.15, 0.2) is 17.5 Å². The first-order chi connectivity index (χ1) is 9.79. The molecule has 0 saturated carbocycles. The van der Waals surface area contributed by atoms with Gasteiger partial charge in [0.25, 0.3) is 5.91 Å². The lowest BCUT2D eigenvalue weighted by Gasteiger charge is -2.22. The molecule has 0 spiro atoms. The summed E-state index contributed by atoms with van der Waals surface area (Å²) in [5.41, 5.74) is 0. The summed E-state index contributed by atoms with van der Waals surface area (Å²) in [6, 6.07) is 3.91. The molecule has 3 heteroatoms. The van der Waals surface area contributed by atoms with Gasteiger partial charge in [0.15, 0.2) is 0 Å². The van der Waals surface area contributed by atoms with Crippen LogP contribution in [0.2, 0.25) is 0 Å². The summed E-state index contributed by atoms with van der Waals surface area (Å²) in [5, 5.41) is 1.99. The highest BCUT2D eigenvalue weighted by Crippen LogP contribution is 2.14. The summed E-state index contributed by atoms with van der Waals surface area (Å²) >= 11 is 1.56. The SMILES string of the molecule is CCCCCCN(CCCCCC)C(=O)c1cccs1. The Hall–Kier alpha value is -0.830. The summed E-state index contributed by atoms with van der Waals surface area (Å²) in [6.45, 7) is 6.28. The van der Waals surface area contributed by atoms with E-state index in [9.17, 15) is 4.79 Å². The van der Waals surface area contributed by atoms with E-state index in [2.05, 4.69) is 18.7 Å². The third kappa shape index (κ3) is 6.56. The standard InChI is InChI=1S/C17H29NOS/c1-3-5-7-9-13-18(14-10-8-6-4-2)17(19)16-12-11-15-20-16/h11-12,15H,3-10,13-14H2,1-2H3. The second kappa shape index (κ2) is 10.9. The molecule has 0 radical (unpaired) electrons. The average molecular weight is 295 g/mol. The number of rotatable bonds is 11. The molecular formula is C17H29NOS. The maximum atomic E-state index is 12.5. The number of hydrogen-bond donors (Lipinski definition) is 0. The van der Waals surface area contributed by atoms with Crippen LogP contribution in [-0.4, -0.2) is 23.9 Å². The first-order valence-corrected chi connectivity index (χ1v) is 9.00. The van der Waals surface area contributed by atoms with Crippen LogP contribution in [0, 0.1) is 0 Å². The first-order valence-electron chi connectivity index (χ1n) is 8.12. The third-order valence-electron chi connectivity index (χ3n) is 3.58. The van der Waals surface area contributed by atoms with Gasteiger partial charge in [-0.1, -0.05) is 58.4 Å². The summed E-state index contributed by atoms with van der Waals surface area (Å²) in [7, 11) is 0. The molecule has 0 bridgehead atoms. The van der Waals surface area contributed by atoms with Gasteiger partial charge in [-0.25, -0.2) is 0 Å². The lowest BCUT2D eigenvalue weighted by Crippen LogP contribution is -2.32. The Morgan fingerprint density at radius 3 is 2.05 bits per heavy atom. The Kier molecular flexibility index (Phi) is 9.38. The van der Waals surface area contributed by atoms with Crippen LogP contribution in [0.1, 0.15) is 74.9 Å². The van der Waals surface area contributed by atoms with Crippen LogP contribution >= 0.6 is 11.3 Å². The van der Waals surface area contributed by atoms with Crippen molar-refractivity contribution in [2.45, 2.75) is 65.2 Å². The van der Waals surface area contributed by atoms with E-state index in [1.807, 2.05) is 17.5 Å². The largest absolute Gasteiger partial charge is 0.338 e. The average Bonchev–Trinajstić information content (AvgIpc) is 2.99. The van der Waals surface area contributed by atoms with Crippen molar-refractivity contribution in [3.63, 3.8) is 0 Å². The number of carbonyl (C=O) groups excluding carboxylic acids is 1. The zero-order valence-corrected chi connectivity index (χ0v) is 13.9. The molecule has 0 aliphatic heterocycles. The molecule has 0 aromatic carbocycles. The Balaban J connectivity index is 2.43. The first kappa shape index (κ1) is 17.2. The van der Waals surface area contributed by atoms with Crippen LogP contribution in [0.5, 0.6) is 0 Å². The maximum absolute atomic E-state index is 12.5. The lowest BCUT2D eigenvalue weighted by atomic mass is 10.1. The molecule has 0 aliphatic carbocycles. The molecule has 114 valence electrons. The Morgan fingerprint density at radius 1 is 1.00 bits per heavy atom. The highest BCUT2D eigenvalue weighted by Gasteiger charge is 2.15. The van der Waals surface area contributed by atoms with Gasteiger partial charge in [-0.3, -0.25) is 4.79 Å². The van der Waals surface area contributed by atoms with Crippen molar-refractivity contribution in [2.24, 2.45) is 0 Å². The fourth-order valence-electron chi connectivity index (χ4n) is 2.33. The Bertz CT molecular complexity index is 336. The summed E-state index contributed by atoms with van der Waals surface area (Å²) < 4.78 is 0. The summed E-state index contributed by atoms with van der Waals surface area (Å²) in [5.74, 6) is 0.230. The maximum Gasteiger partial charge on any atom is 0.263 e. The number of thiophene rings is 1. The zero-order valence-electron chi connectivity index (χ0n) is 13.1. The van der Waals surface area contributed by atoms with Crippen molar-refractivity contribution in [1.29, 1.82) is 0 Å². The number of nitrogens with zero attached hydrogens (tertiary/aromatic N) is 1. The molecule has 0 saturated heterocycles. The molecule has 1 aromatic rings. The predicted molar refractivity (Wildman–Crippen MR) is 88.5 cm³/mol. The van der Waals surface area contributed by atoms with E-state index in [0.717, 1.165) is 30.8 Å². The monoisotopic (exact) mass is 295 g/mol. The van der Waals surface area contributed by atoms with Crippen LogP contribution in [0.25, 0.3) is 0 Å². The van der Waals surface area contributed by atoms with Crippen molar-refractivity contribution in [1.82, 2.24) is 4.90 Å². The van der Waals surface area contributed by atoms with Gasteiger partial charge in [0.2, 0.25) is 0 Å². The number of unbranched alkanes of at least 4 members (excludes halogenated alkanes) is 6. The molecule has 1 rings (SSSR count). The van der Waals surface area contributed by atoms with Gasteiger partial charge in [0.05, 0.1) is 4.88 Å².